The van der Waals surface area contributed by atoms with Gasteiger partial charge in [-0.3, -0.25) is 4.68 Å². The fourth-order valence-corrected chi connectivity index (χ4v) is 2.03. The van der Waals surface area contributed by atoms with Crippen LogP contribution in [0.2, 0.25) is 0 Å². The molecule has 1 aromatic carbocycles. The number of nitrogens with one attached hydrogen (secondary N) is 1. The minimum Gasteiger partial charge on any atom is -0.378 e. The second-order valence-corrected chi connectivity index (χ2v) is 4.97. The third-order valence-electron chi connectivity index (χ3n) is 3.34. The van der Waals surface area contributed by atoms with Crippen LogP contribution in [0.25, 0.3) is 0 Å². The van der Waals surface area contributed by atoms with Gasteiger partial charge >= 0.3 is 0 Å². The van der Waals surface area contributed by atoms with E-state index in [0.29, 0.717) is 6.54 Å². The van der Waals surface area contributed by atoms with Gasteiger partial charge in [0.15, 0.2) is 0 Å². The van der Waals surface area contributed by atoms with Gasteiger partial charge in [-0.1, -0.05) is 12.1 Å². The summed E-state index contributed by atoms with van der Waals surface area (Å²) < 4.78 is 14.0. The first-order chi connectivity index (χ1) is 9.61. The number of aryl methyl sites for hydroxylation is 1. The number of hydrogen-bond acceptors (Lipinski definition) is 3. The van der Waals surface area contributed by atoms with Gasteiger partial charge in [0.1, 0.15) is 6.67 Å². The molecule has 4 nitrogen and oxygen atoms in total. The number of benzene rings is 1. The molecule has 0 spiro atoms. The van der Waals surface area contributed by atoms with Crippen LogP contribution in [-0.2, 0) is 13.1 Å². The fourth-order valence-electron chi connectivity index (χ4n) is 2.03. The van der Waals surface area contributed by atoms with Crippen LogP contribution in [-0.4, -0.2) is 30.6 Å². The normalized spacial score (nSPS) is 10.6. The van der Waals surface area contributed by atoms with E-state index in [1.807, 2.05) is 21.0 Å². The van der Waals surface area contributed by atoms with E-state index in [4.69, 9.17) is 0 Å². The molecule has 1 heterocycles. The molecule has 2 rings (SSSR count). The molecule has 0 aliphatic rings. The van der Waals surface area contributed by atoms with Crippen molar-refractivity contribution in [2.45, 2.75) is 20.0 Å². The lowest BCUT2D eigenvalue weighted by Crippen LogP contribution is -2.08. The summed E-state index contributed by atoms with van der Waals surface area (Å²) in [6, 6.07) is 8.39. The van der Waals surface area contributed by atoms with Crippen molar-refractivity contribution in [2.24, 2.45) is 0 Å². The fraction of sp³-hybridized carbons (Fsp3) is 0.400. The van der Waals surface area contributed by atoms with E-state index in [9.17, 15) is 4.39 Å². The van der Waals surface area contributed by atoms with Crippen LogP contribution in [0.3, 0.4) is 0 Å². The molecular formula is C15H21FN4. The topological polar surface area (TPSA) is 33.1 Å². The standard InChI is InChI=1S/C15H21FN4/c1-12-15(11-18-20(12)9-8-16)17-10-13-4-6-14(7-5-13)19(2)3/h4-7,11,17H,8-10H2,1-3H3. The molecular weight excluding hydrogens is 255 g/mol. The zero-order valence-corrected chi connectivity index (χ0v) is 12.2. The van der Waals surface area contributed by atoms with E-state index in [2.05, 4.69) is 39.6 Å². The molecule has 20 heavy (non-hydrogen) atoms. The number of anilines is 2. The maximum absolute atomic E-state index is 12.3. The van der Waals surface area contributed by atoms with E-state index in [0.717, 1.165) is 17.9 Å². The Balaban J connectivity index is 1.98. The Hall–Kier alpha value is -2.04. The average molecular weight is 276 g/mol. The zero-order chi connectivity index (χ0) is 14.5. The van der Waals surface area contributed by atoms with Crippen LogP contribution < -0.4 is 10.2 Å². The molecule has 0 saturated heterocycles. The number of rotatable bonds is 6. The lowest BCUT2D eigenvalue weighted by atomic mass is 10.2. The maximum Gasteiger partial charge on any atom is 0.109 e. The van der Waals surface area contributed by atoms with Crippen molar-refractivity contribution in [3.8, 4) is 0 Å². The van der Waals surface area contributed by atoms with Gasteiger partial charge in [0.05, 0.1) is 24.1 Å². The Morgan fingerprint density at radius 1 is 1.25 bits per heavy atom. The van der Waals surface area contributed by atoms with E-state index in [-0.39, 0.29) is 0 Å². The monoisotopic (exact) mass is 276 g/mol. The third-order valence-corrected chi connectivity index (χ3v) is 3.34. The van der Waals surface area contributed by atoms with Crippen LogP contribution in [0.5, 0.6) is 0 Å². The molecule has 0 fully saturated rings. The summed E-state index contributed by atoms with van der Waals surface area (Å²) in [4.78, 5) is 2.07. The van der Waals surface area contributed by atoms with E-state index >= 15 is 0 Å². The first kappa shape index (κ1) is 14.4. The lowest BCUT2D eigenvalue weighted by Gasteiger charge is -2.13. The molecule has 5 heteroatoms. The second-order valence-electron chi connectivity index (χ2n) is 4.97. The minimum absolute atomic E-state index is 0.311. The number of halogens is 1. The highest BCUT2D eigenvalue weighted by molar-refractivity contribution is 5.49. The quantitative estimate of drug-likeness (QED) is 0.880. The van der Waals surface area contributed by atoms with Crippen molar-refractivity contribution in [3.05, 3.63) is 41.7 Å². The van der Waals surface area contributed by atoms with Gasteiger partial charge in [-0.25, -0.2) is 4.39 Å². The highest BCUT2D eigenvalue weighted by Crippen LogP contribution is 2.16. The Morgan fingerprint density at radius 2 is 1.95 bits per heavy atom. The molecule has 108 valence electrons. The summed E-state index contributed by atoms with van der Waals surface area (Å²) in [6.45, 7) is 2.59. The number of nitrogens with zero attached hydrogens (tertiary/aromatic N) is 3. The van der Waals surface area contributed by atoms with Gasteiger partial charge in [-0.15, -0.1) is 0 Å². The second kappa shape index (κ2) is 6.41. The highest BCUT2D eigenvalue weighted by Gasteiger charge is 2.05. The Morgan fingerprint density at radius 3 is 2.55 bits per heavy atom. The predicted octanol–water partition coefficient (Wildman–Crippen LogP) is 2.84. The van der Waals surface area contributed by atoms with Gasteiger partial charge in [0.2, 0.25) is 0 Å². The van der Waals surface area contributed by atoms with Gasteiger partial charge in [0.25, 0.3) is 0 Å². The first-order valence-corrected chi connectivity index (χ1v) is 6.70. The molecule has 0 unspecified atom stereocenters. The Labute approximate surface area is 119 Å². The first-order valence-electron chi connectivity index (χ1n) is 6.70. The van der Waals surface area contributed by atoms with Crippen molar-refractivity contribution in [1.29, 1.82) is 0 Å². The zero-order valence-electron chi connectivity index (χ0n) is 12.2. The van der Waals surface area contributed by atoms with Crippen molar-refractivity contribution in [2.75, 3.05) is 31.0 Å². The van der Waals surface area contributed by atoms with E-state index < -0.39 is 6.67 Å². The summed E-state index contributed by atoms with van der Waals surface area (Å²) in [6.07, 6.45) is 1.75. The van der Waals surface area contributed by atoms with Crippen LogP contribution in [0.1, 0.15) is 11.3 Å². The van der Waals surface area contributed by atoms with E-state index in [1.54, 1.807) is 10.9 Å². The van der Waals surface area contributed by atoms with Crippen molar-refractivity contribution in [1.82, 2.24) is 9.78 Å². The lowest BCUT2D eigenvalue weighted by molar-refractivity contribution is 0.423. The van der Waals surface area contributed by atoms with Crippen molar-refractivity contribution in [3.63, 3.8) is 0 Å². The summed E-state index contributed by atoms with van der Waals surface area (Å²) in [5.74, 6) is 0. The Kier molecular flexibility index (Phi) is 4.61. The minimum atomic E-state index is -0.395. The molecule has 1 aromatic heterocycles. The van der Waals surface area contributed by atoms with Crippen LogP contribution >= 0.6 is 0 Å². The van der Waals surface area contributed by atoms with Crippen LogP contribution in [0.4, 0.5) is 15.8 Å². The van der Waals surface area contributed by atoms with Crippen molar-refractivity contribution >= 4 is 11.4 Å². The SMILES string of the molecule is Cc1c(NCc2ccc(N(C)C)cc2)cnn1CCF. The molecule has 0 radical (unpaired) electrons. The molecule has 0 saturated carbocycles. The summed E-state index contributed by atoms with van der Waals surface area (Å²) in [5.41, 5.74) is 4.30. The molecule has 0 bridgehead atoms. The molecule has 0 aliphatic heterocycles. The Bertz CT molecular complexity index is 546. The van der Waals surface area contributed by atoms with Gasteiger partial charge in [-0.2, -0.15) is 5.10 Å². The maximum atomic E-state index is 12.3. The summed E-state index contributed by atoms with van der Waals surface area (Å²) >= 11 is 0. The third kappa shape index (κ3) is 3.29. The number of alkyl halides is 1. The molecule has 0 atom stereocenters. The molecule has 2 aromatic rings. The average Bonchev–Trinajstić information content (AvgIpc) is 2.79. The van der Waals surface area contributed by atoms with Crippen LogP contribution in [0, 0.1) is 6.92 Å². The number of hydrogen-bond donors (Lipinski definition) is 1. The number of aromatic nitrogens is 2. The largest absolute Gasteiger partial charge is 0.378 e. The molecule has 0 amide bonds. The van der Waals surface area contributed by atoms with Gasteiger partial charge < -0.3 is 10.2 Å². The van der Waals surface area contributed by atoms with Crippen molar-refractivity contribution < 1.29 is 4.39 Å². The highest BCUT2D eigenvalue weighted by atomic mass is 19.1. The van der Waals surface area contributed by atoms with Crippen LogP contribution in [0.15, 0.2) is 30.5 Å². The summed E-state index contributed by atoms with van der Waals surface area (Å²) in [5, 5.41) is 7.50. The van der Waals surface area contributed by atoms with Gasteiger partial charge in [-0.05, 0) is 24.6 Å². The summed E-state index contributed by atoms with van der Waals surface area (Å²) in [7, 11) is 4.05. The van der Waals surface area contributed by atoms with Gasteiger partial charge in [0, 0.05) is 26.3 Å². The molecule has 0 aliphatic carbocycles. The van der Waals surface area contributed by atoms with E-state index in [1.165, 1.54) is 11.3 Å². The predicted molar refractivity (Wildman–Crippen MR) is 81.0 cm³/mol. The smallest absolute Gasteiger partial charge is 0.109 e. The molecule has 1 N–H and O–H groups in total.